The Hall–Kier alpha value is -3.91. The Bertz CT molecular complexity index is 1540. The number of piperidine rings is 1. The van der Waals surface area contributed by atoms with E-state index in [-0.39, 0.29) is 28.7 Å². The van der Waals surface area contributed by atoms with E-state index in [0.29, 0.717) is 37.3 Å². The summed E-state index contributed by atoms with van der Waals surface area (Å²) < 4.78 is 5.76. The number of benzene rings is 1. The number of fused-ring (bicyclic) bond motifs is 3. The van der Waals surface area contributed by atoms with Gasteiger partial charge in [-0.25, -0.2) is 0 Å². The molecule has 1 aliphatic heterocycles. The number of hydrogen-bond donors (Lipinski definition) is 3. The van der Waals surface area contributed by atoms with Crippen LogP contribution in [0.15, 0.2) is 65.5 Å². The lowest BCUT2D eigenvalue weighted by atomic mass is 9.73. The van der Waals surface area contributed by atoms with Crippen LogP contribution in [0.2, 0.25) is 0 Å². The maximum absolute atomic E-state index is 13.5. The Balaban J connectivity index is 1.11. The Labute approximate surface area is 240 Å². The Morgan fingerprint density at radius 3 is 2.68 bits per heavy atom. The largest absolute Gasteiger partial charge is 0.462 e. The monoisotopic (exact) mass is 553 g/mol. The zero-order valence-electron chi connectivity index (χ0n) is 24.1. The van der Waals surface area contributed by atoms with Gasteiger partial charge >= 0.3 is 0 Å². The standard InChI is InChI=1S/C33H39N5O3/c1-32(2,3)36-14-13-35-29(39)17-23-19-33(26-9-5-4-8-24(23)26)10-15-38(16-11-33)31(40)27-18-28-30(37-27)25(21-41-28)22-7-6-12-34-20-22/h4-9,12,18,20-21,23,36-37H,10-11,13-17,19H2,1-3H3,(H,35,39). The van der Waals surface area contributed by atoms with E-state index in [9.17, 15) is 9.59 Å². The molecule has 1 fully saturated rings. The minimum Gasteiger partial charge on any atom is -0.462 e. The van der Waals surface area contributed by atoms with Gasteiger partial charge in [0, 0.05) is 67.7 Å². The molecule has 3 aromatic heterocycles. The number of rotatable bonds is 7. The number of aromatic nitrogens is 2. The van der Waals surface area contributed by atoms with E-state index in [4.69, 9.17) is 4.42 Å². The van der Waals surface area contributed by atoms with Crippen LogP contribution in [-0.2, 0) is 10.2 Å². The van der Waals surface area contributed by atoms with Crippen molar-refractivity contribution in [2.24, 2.45) is 0 Å². The van der Waals surface area contributed by atoms with Crippen molar-refractivity contribution in [3.05, 3.63) is 77.9 Å². The van der Waals surface area contributed by atoms with Gasteiger partial charge in [-0.1, -0.05) is 30.3 Å². The summed E-state index contributed by atoms with van der Waals surface area (Å²) in [6.45, 7) is 9.11. The highest BCUT2D eigenvalue weighted by Gasteiger charge is 2.46. The fourth-order valence-corrected chi connectivity index (χ4v) is 6.69. The van der Waals surface area contributed by atoms with Crippen molar-refractivity contribution in [2.75, 3.05) is 26.2 Å². The van der Waals surface area contributed by atoms with Crippen LogP contribution >= 0.6 is 0 Å². The predicted octanol–water partition coefficient (Wildman–Crippen LogP) is 5.38. The zero-order chi connectivity index (χ0) is 28.6. The molecule has 0 radical (unpaired) electrons. The first-order valence-electron chi connectivity index (χ1n) is 14.6. The molecule has 6 rings (SSSR count). The lowest BCUT2D eigenvalue weighted by Crippen LogP contribution is -2.44. The number of hydrogen-bond acceptors (Lipinski definition) is 5. The number of H-pyrrole nitrogens is 1. The fraction of sp³-hybridized carbons (Fsp3) is 0.424. The number of nitrogens with one attached hydrogen (secondary N) is 3. The van der Waals surface area contributed by atoms with Crippen molar-refractivity contribution < 1.29 is 14.0 Å². The Morgan fingerprint density at radius 2 is 1.93 bits per heavy atom. The molecular weight excluding hydrogens is 514 g/mol. The number of pyridine rings is 1. The van der Waals surface area contributed by atoms with Gasteiger partial charge in [-0.2, -0.15) is 0 Å². The smallest absolute Gasteiger partial charge is 0.270 e. The van der Waals surface area contributed by atoms with Crippen molar-refractivity contribution in [1.29, 1.82) is 0 Å². The topological polar surface area (TPSA) is 103 Å². The van der Waals surface area contributed by atoms with Crippen LogP contribution in [-0.4, -0.2) is 58.4 Å². The quantitative estimate of drug-likeness (QED) is 0.267. The lowest BCUT2D eigenvalue weighted by molar-refractivity contribution is -0.121. The molecule has 1 atom stereocenters. The molecule has 4 heterocycles. The van der Waals surface area contributed by atoms with Gasteiger partial charge in [0.2, 0.25) is 5.91 Å². The van der Waals surface area contributed by atoms with Crippen molar-refractivity contribution in [3.63, 3.8) is 0 Å². The number of carbonyl (C=O) groups excluding carboxylic acids is 2. The van der Waals surface area contributed by atoms with E-state index < -0.39 is 0 Å². The van der Waals surface area contributed by atoms with Gasteiger partial charge in [-0.3, -0.25) is 14.6 Å². The van der Waals surface area contributed by atoms with Crippen LogP contribution in [0.25, 0.3) is 22.2 Å². The van der Waals surface area contributed by atoms with Gasteiger partial charge in [-0.05, 0) is 68.6 Å². The first-order chi connectivity index (χ1) is 19.7. The van der Waals surface area contributed by atoms with E-state index >= 15 is 0 Å². The molecule has 1 unspecified atom stereocenters. The van der Waals surface area contributed by atoms with Crippen molar-refractivity contribution in [2.45, 2.75) is 63.3 Å². The molecule has 1 aliphatic carbocycles. The molecule has 2 aliphatic rings. The number of aromatic amines is 1. The van der Waals surface area contributed by atoms with Gasteiger partial charge in [-0.15, -0.1) is 0 Å². The summed E-state index contributed by atoms with van der Waals surface area (Å²) in [7, 11) is 0. The molecule has 1 aromatic carbocycles. The van der Waals surface area contributed by atoms with Crippen LogP contribution in [0.1, 0.15) is 74.0 Å². The van der Waals surface area contributed by atoms with Gasteiger partial charge < -0.3 is 24.9 Å². The number of amides is 2. The summed E-state index contributed by atoms with van der Waals surface area (Å²) in [5.41, 5.74) is 6.55. The Kier molecular flexibility index (Phi) is 7.20. The first kappa shape index (κ1) is 27.3. The lowest BCUT2D eigenvalue weighted by Gasteiger charge is -2.40. The summed E-state index contributed by atoms with van der Waals surface area (Å²) in [6.07, 6.45) is 8.46. The number of furan rings is 1. The number of carbonyl (C=O) groups is 2. The second-order valence-corrected chi connectivity index (χ2v) is 12.6. The molecule has 0 bridgehead atoms. The maximum atomic E-state index is 13.5. The highest BCUT2D eigenvalue weighted by Crippen LogP contribution is 2.52. The average Bonchev–Trinajstić information content (AvgIpc) is 3.64. The van der Waals surface area contributed by atoms with E-state index in [1.165, 1.54) is 11.1 Å². The minimum atomic E-state index is -0.00513. The molecule has 4 aromatic rings. The summed E-state index contributed by atoms with van der Waals surface area (Å²) in [4.78, 5) is 35.9. The van der Waals surface area contributed by atoms with Crippen LogP contribution in [0.5, 0.6) is 0 Å². The first-order valence-corrected chi connectivity index (χ1v) is 14.6. The van der Waals surface area contributed by atoms with Crippen LogP contribution in [0, 0.1) is 0 Å². The minimum absolute atomic E-state index is 0.00291. The molecule has 8 heteroatoms. The summed E-state index contributed by atoms with van der Waals surface area (Å²) in [6, 6.07) is 14.3. The molecule has 0 saturated carbocycles. The van der Waals surface area contributed by atoms with Gasteiger partial charge in [0.15, 0.2) is 5.58 Å². The van der Waals surface area contributed by atoms with Crippen LogP contribution in [0.4, 0.5) is 0 Å². The molecule has 1 spiro atoms. The van der Waals surface area contributed by atoms with Crippen molar-refractivity contribution >= 4 is 22.9 Å². The van der Waals surface area contributed by atoms with E-state index in [1.807, 2.05) is 17.0 Å². The van der Waals surface area contributed by atoms with Crippen LogP contribution in [0.3, 0.4) is 0 Å². The van der Waals surface area contributed by atoms with Gasteiger partial charge in [0.25, 0.3) is 5.91 Å². The predicted molar refractivity (Wildman–Crippen MR) is 160 cm³/mol. The molecular formula is C33H39N5O3. The van der Waals surface area contributed by atoms with E-state index in [1.54, 1.807) is 24.7 Å². The van der Waals surface area contributed by atoms with Gasteiger partial charge in [0.1, 0.15) is 12.0 Å². The van der Waals surface area contributed by atoms with Gasteiger partial charge in [0.05, 0.1) is 5.52 Å². The van der Waals surface area contributed by atoms with E-state index in [0.717, 1.165) is 42.5 Å². The second-order valence-electron chi connectivity index (χ2n) is 12.6. The van der Waals surface area contributed by atoms with Crippen LogP contribution < -0.4 is 10.6 Å². The third kappa shape index (κ3) is 5.53. The van der Waals surface area contributed by atoms with Crippen molar-refractivity contribution in [1.82, 2.24) is 25.5 Å². The normalized spacial score (nSPS) is 18.1. The summed E-state index contributed by atoms with van der Waals surface area (Å²) in [5, 5.41) is 6.52. The molecule has 2 amide bonds. The highest BCUT2D eigenvalue weighted by atomic mass is 16.3. The molecule has 214 valence electrons. The summed E-state index contributed by atoms with van der Waals surface area (Å²) in [5.74, 6) is 0.298. The molecule has 8 nitrogen and oxygen atoms in total. The Morgan fingerprint density at radius 1 is 1.12 bits per heavy atom. The van der Waals surface area contributed by atoms with Crippen molar-refractivity contribution in [3.8, 4) is 11.1 Å². The fourth-order valence-electron chi connectivity index (χ4n) is 6.69. The second kappa shape index (κ2) is 10.8. The third-order valence-corrected chi connectivity index (χ3v) is 8.71. The van der Waals surface area contributed by atoms with E-state index in [2.05, 4.69) is 65.6 Å². The number of nitrogens with zero attached hydrogens (tertiary/aromatic N) is 2. The number of likely N-dealkylation sites (tertiary alicyclic amines) is 1. The summed E-state index contributed by atoms with van der Waals surface area (Å²) >= 11 is 0. The molecule has 41 heavy (non-hydrogen) atoms. The maximum Gasteiger partial charge on any atom is 0.270 e. The molecule has 1 saturated heterocycles. The SMILES string of the molecule is CC(C)(C)NCCNC(=O)CC1CC2(CCN(C(=O)c3cc4occ(-c5cccnc5)c4[nH]3)CC2)c2ccccc21. The average molecular weight is 554 g/mol. The highest BCUT2D eigenvalue weighted by molar-refractivity contribution is 6.00. The third-order valence-electron chi connectivity index (χ3n) is 8.71. The molecule has 3 N–H and O–H groups in total. The zero-order valence-corrected chi connectivity index (χ0v) is 24.1.